The van der Waals surface area contributed by atoms with Gasteiger partial charge in [0.15, 0.2) is 5.75 Å². The predicted octanol–water partition coefficient (Wildman–Crippen LogP) is 3.43. The molecule has 0 saturated carbocycles. The summed E-state index contributed by atoms with van der Waals surface area (Å²) in [6.07, 6.45) is 3.16. The molecule has 6 heteroatoms. The molecule has 1 N–H and O–H groups in total. The van der Waals surface area contributed by atoms with Gasteiger partial charge in [0.1, 0.15) is 11.5 Å². The summed E-state index contributed by atoms with van der Waals surface area (Å²) in [6.45, 7) is 0. The third-order valence-electron chi connectivity index (χ3n) is 2.87. The Hall–Kier alpha value is -2.14. The second kappa shape index (κ2) is 4.51. The minimum Gasteiger partial charge on any atom is -0.493 e. The molecule has 2 aromatic heterocycles. The van der Waals surface area contributed by atoms with Gasteiger partial charge in [0.05, 0.1) is 18.8 Å². The van der Waals surface area contributed by atoms with E-state index in [1.165, 1.54) is 19.4 Å². The van der Waals surface area contributed by atoms with Crippen LogP contribution in [0, 0.1) is 5.82 Å². The van der Waals surface area contributed by atoms with Crippen LogP contribution >= 0.6 is 11.6 Å². The lowest BCUT2D eigenvalue weighted by molar-refractivity contribution is 0.412. The minimum atomic E-state index is -0.317. The molecule has 0 aliphatic heterocycles. The third-order valence-corrected chi connectivity index (χ3v) is 3.05. The average molecular weight is 278 g/mol. The number of fused-ring (bicyclic) bond motifs is 1. The van der Waals surface area contributed by atoms with Crippen LogP contribution in [0.1, 0.15) is 0 Å². The van der Waals surface area contributed by atoms with E-state index in [-0.39, 0.29) is 11.1 Å². The molecule has 0 saturated heterocycles. The Morgan fingerprint density at radius 3 is 3.00 bits per heavy atom. The van der Waals surface area contributed by atoms with E-state index in [1.54, 1.807) is 18.3 Å². The maximum absolute atomic E-state index is 13.7. The van der Waals surface area contributed by atoms with Crippen molar-refractivity contribution in [3.05, 3.63) is 41.7 Å². The average Bonchev–Trinajstić information content (AvgIpc) is 2.84. The van der Waals surface area contributed by atoms with Crippen molar-refractivity contribution in [3.8, 4) is 17.0 Å². The van der Waals surface area contributed by atoms with Crippen molar-refractivity contribution in [2.24, 2.45) is 0 Å². The lowest BCUT2D eigenvalue weighted by atomic mass is 10.1. The van der Waals surface area contributed by atoms with Gasteiger partial charge in [-0.15, -0.1) is 0 Å². The van der Waals surface area contributed by atoms with Gasteiger partial charge >= 0.3 is 0 Å². The number of nitrogens with one attached hydrogen (secondary N) is 1. The van der Waals surface area contributed by atoms with E-state index in [0.717, 1.165) is 5.56 Å². The van der Waals surface area contributed by atoms with Gasteiger partial charge in [0.2, 0.25) is 5.28 Å². The van der Waals surface area contributed by atoms with Gasteiger partial charge in [0.25, 0.3) is 0 Å². The first-order valence-electron chi connectivity index (χ1n) is 5.53. The van der Waals surface area contributed by atoms with Crippen LogP contribution in [0.5, 0.6) is 5.75 Å². The van der Waals surface area contributed by atoms with Gasteiger partial charge in [-0.05, 0) is 17.7 Å². The minimum absolute atomic E-state index is 0.113. The van der Waals surface area contributed by atoms with E-state index in [1.807, 2.05) is 0 Å². The molecule has 19 heavy (non-hydrogen) atoms. The van der Waals surface area contributed by atoms with E-state index < -0.39 is 0 Å². The number of aromatic nitrogens is 3. The molecule has 0 amide bonds. The first-order valence-corrected chi connectivity index (χ1v) is 5.91. The highest BCUT2D eigenvalue weighted by Gasteiger charge is 2.15. The summed E-state index contributed by atoms with van der Waals surface area (Å²) in [7, 11) is 1.52. The van der Waals surface area contributed by atoms with Gasteiger partial charge in [-0.25, -0.2) is 14.4 Å². The fraction of sp³-hybridized carbons (Fsp3) is 0.0769. The molecule has 0 atom stereocenters. The molecule has 0 aliphatic carbocycles. The van der Waals surface area contributed by atoms with Crippen LogP contribution in [0.15, 0.2) is 30.6 Å². The molecule has 0 radical (unpaired) electrons. The third kappa shape index (κ3) is 1.92. The van der Waals surface area contributed by atoms with Gasteiger partial charge in [-0.3, -0.25) is 0 Å². The largest absolute Gasteiger partial charge is 0.493 e. The van der Waals surface area contributed by atoms with Crippen LogP contribution in [-0.4, -0.2) is 22.1 Å². The fourth-order valence-corrected chi connectivity index (χ4v) is 2.14. The first kappa shape index (κ1) is 11.9. The van der Waals surface area contributed by atoms with Crippen molar-refractivity contribution in [3.63, 3.8) is 0 Å². The summed E-state index contributed by atoms with van der Waals surface area (Å²) in [6, 6.07) is 4.84. The molecule has 2 heterocycles. The second-order valence-corrected chi connectivity index (χ2v) is 4.26. The highest BCUT2D eigenvalue weighted by Crippen LogP contribution is 2.34. The van der Waals surface area contributed by atoms with Crippen LogP contribution in [0.25, 0.3) is 22.2 Å². The van der Waals surface area contributed by atoms with Crippen molar-refractivity contribution in [2.45, 2.75) is 0 Å². The Labute approximate surface area is 113 Å². The molecular weight excluding hydrogens is 269 g/mol. The molecule has 0 spiro atoms. The van der Waals surface area contributed by atoms with Crippen LogP contribution in [0.4, 0.5) is 4.39 Å². The summed E-state index contributed by atoms with van der Waals surface area (Å²) in [5.74, 6) is 0.164. The number of para-hydroxylation sites is 1. The van der Waals surface area contributed by atoms with Crippen LogP contribution in [0.2, 0.25) is 5.28 Å². The van der Waals surface area contributed by atoms with Crippen molar-refractivity contribution < 1.29 is 9.13 Å². The van der Waals surface area contributed by atoms with Crippen LogP contribution in [-0.2, 0) is 0 Å². The van der Waals surface area contributed by atoms with Crippen molar-refractivity contribution >= 4 is 22.5 Å². The molecule has 0 unspecified atom stereocenters. The molecule has 0 fully saturated rings. The topological polar surface area (TPSA) is 50.8 Å². The number of benzene rings is 1. The number of H-pyrrole nitrogens is 1. The second-order valence-electron chi connectivity index (χ2n) is 3.92. The number of nitrogens with zero attached hydrogens (tertiary/aromatic N) is 2. The molecule has 3 aromatic rings. The lowest BCUT2D eigenvalue weighted by Crippen LogP contribution is -1.93. The molecule has 0 aliphatic rings. The quantitative estimate of drug-likeness (QED) is 0.730. The molecule has 1 aromatic carbocycles. The Morgan fingerprint density at radius 1 is 1.37 bits per heavy atom. The maximum atomic E-state index is 13.7. The Morgan fingerprint density at radius 2 is 2.21 bits per heavy atom. The lowest BCUT2D eigenvalue weighted by Gasteiger charge is -2.06. The number of halogens is 2. The molecular formula is C13H9ClFN3O. The summed E-state index contributed by atoms with van der Waals surface area (Å²) >= 11 is 5.81. The number of aromatic amines is 1. The zero-order chi connectivity index (χ0) is 13.4. The summed E-state index contributed by atoms with van der Waals surface area (Å²) in [4.78, 5) is 10.9. The van der Waals surface area contributed by atoms with E-state index in [0.29, 0.717) is 22.3 Å². The fourth-order valence-electron chi connectivity index (χ4n) is 2.00. The van der Waals surface area contributed by atoms with Gasteiger partial charge in [-0.1, -0.05) is 12.1 Å². The SMILES string of the molecule is COc1cnc(Cl)nc1-c1c[nH]c2c(F)cccc12. The van der Waals surface area contributed by atoms with Crippen LogP contribution in [0.3, 0.4) is 0 Å². The molecule has 0 bridgehead atoms. The smallest absolute Gasteiger partial charge is 0.223 e. The number of hydrogen-bond donors (Lipinski definition) is 1. The van der Waals surface area contributed by atoms with Gasteiger partial charge in [-0.2, -0.15) is 0 Å². The van der Waals surface area contributed by atoms with Gasteiger partial charge < -0.3 is 9.72 Å². The zero-order valence-corrected chi connectivity index (χ0v) is 10.7. The van der Waals surface area contributed by atoms with E-state index >= 15 is 0 Å². The molecule has 3 rings (SSSR count). The Bertz CT molecular complexity index is 757. The van der Waals surface area contributed by atoms with Crippen molar-refractivity contribution in [1.82, 2.24) is 15.0 Å². The number of rotatable bonds is 2. The summed E-state index contributed by atoms with van der Waals surface area (Å²) in [5, 5.41) is 0.828. The summed E-state index contributed by atoms with van der Waals surface area (Å²) in [5.41, 5.74) is 1.67. The Balaban J connectivity index is 2.30. The van der Waals surface area contributed by atoms with E-state index in [4.69, 9.17) is 16.3 Å². The van der Waals surface area contributed by atoms with E-state index in [2.05, 4.69) is 15.0 Å². The predicted molar refractivity (Wildman–Crippen MR) is 70.8 cm³/mol. The first-order chi connectivity index (χ1) is 9.20. The van der Waals surface area contributed by atoms with Crippen LogP contribution < -0.4 is 4.74 Å². The number of hydrogen-bond acceptors (Lipinski definition) is 3. The van der Waals surface area contributed by atoms with Crippen molar-refractivity contribution in [1.29, 1.82) is 0 Å². The molecule has 96 valence electrons. The standard InChI is InChI=1S/C13H9ClFN3O/c1-19-10-6-17-13(14)18-12(10)8-5-16-11-7(8)3-2-4-9(11)15/h2-6,16H,1H3. The van der Waals surface area contributed by atoms with E-state index in [9.17, 15) is 4.39 Å². The normalized spacial score (nSPS) is 10.9. The summed E-state index contributed by atoms with van der Waals surface area (Å²) < 4.78 is 18.9. The highest BCUT2D eigenvalue weighted by atomic mass is 35.5. The highest BCUT2D eigenvalue weighted by molar-refractivity contribution is 6.28. The Kier molecular flexibility index (Phi) is 2.83. The number of methoxy groups -OCH3 is 1. The zero-order valence-electron chi connectivity index (χ0n) is 9.95. The van der Waals surface area contributed by atoms with Crippen molar-refractivity contribution in [2.75, 3.05) is 7.11 Å². The van der Waals surface area contributed by atoms with Gasteiger partial charge in [0, 0.05) is 17.1 Å². The molecule has 4 nitrogen and oxygen atoms in total. The maximum Gasteiger partial charge on any atom is 0.223 e. The monoisotopic (exact) mass is 277 g/mol. The number of ether oxygens (including phenoxy) is 1.